The first-order valence-corrected chi connectivity index (χ1v) is 7.92. The van der Waals surface area contributed by atoms with Crippen LogP contribution in [0.2, 0.25) is 0 Å². The van der Waals surface area contributed by atoms with Crippen LogP contribution in [0.4, 0.5) is 0 Å². The van der Waals surface area contributed by atoms with Crippen molar-refractivity contribution in [2.24, 2.45) is 0 Å². The number of aromatic nitrogens is 1. The summed E-state index contributed by atoms with van der Waals surface area (Å²) in [6, 6.07) is 6.15. The van der Waals surface area contributed by atoms with E-state index in [1.807, 2.05) is 24.4 Å². The Balaban J connectivity index is 2.24. The van der Waals surface area contributed by atoms with E-state index in [0.29, 0.717) is 6.04 Å². The lowest BCUT2D eigenvalue weighted by molar-refractivity contribution is 0.394. The second-order valence-corrected chi connectivity index (χ2v) is 5.91. The van der Waals surface area contributed by atoms with Crippen LogP contribution in [0.25, 0.3) is 10.6 Å². The zero-order valence-corrected chi connectivity index (χ0v) is 13.8. The Morgan fingerprint density at radius 3 is 2.43 bits per heavy atom. The molecule has 21 heavy (non-hydrogen) atoms. The number of rotatable bonds is 7. The van der Waals surface area contributed by atoms with Gasteiger partial charge in [0, 0.05) is 28.7 Å². The van der Waals surface area contributed by atoms with Crippen molar-refractivity contribution in [3.05, 3.63) is 29.3 Å². The molecule has 0 spiro atoms. The average molecular weight is 306 g/mol. The van der Waals surface area contributed by atoms with Crippen LogP contribution in [0, 0.1) is 0 Å². The topological polar surface area (TPSA) is 43.4 Å². The molecule has 2 rings (SSSR count). The minimum Gasteiger partial charge on any atom is -0.497 e. The standard InChI is InChI=1S/C16H22N2O2S/c1-5-6-17-11(2)15-10-18-16(21-15)12-7-13(19-3)9-14(8-12)20-4/h7-11,17H,5-6H2,1-4H3. The van der Waals surface area contributed by atoms with E-state index in [2.05, 4.69) is 24.1 Å². The molecule has 4 nitrogen and oxygen atoms in total. The summed E-state index contributed by atoms with van der Waals surface area (Å²) in [5.74, 6) is 1.55. The number of nitrogens with zero attached hydrogens (tertiary/aromatic N) is 1. The minimum absolute atomic E-state index is 0.323. The lowest BCUT2D eigenvalue weighted by Gasteiger charge is -2.10. The zero-order valence-electron chi connectivity index (χ0n) is 13.0. The highest BCUT2D eigenvalue weighted by Crippen LogP contribution is 2.33. The number of ether oxygens (including phenoxy) is 2. The highest BCUT2D eigenvalue weighted by atomic mass is 32.1. The largest absolute Gasteiger partial charge is 0.497 e. The summed E-state index contributed by atoms with van der Waals surface area (Å²) in [6.07, 6.45) is 3.07. The molecule has 1 atom stereocenters. The van der Waals surface area contributed by atoms with Gasteiger partial charge in [0.2, 0.25) is 0 Å². The highest BCUT2D eigenvalue weighted by Gasteiger charge is 2.12. The molecule has 114 valence electrons. The first-order chi connectivity index (χ1) is 10.2. The molecule has 0 bridgehead atoms. The fourth-order valence-corrected chi connectivity index (χ4v) is 2.94. The molecule has 0 fully saturated rings. The van der Waals surface area contributed by atoms with Crippen LogP contribution in [0.3, 0.4) is 0 Å². The summed E-state index contributed by atoms with van der Waals surface area (Å²) in [5.41, 5.74) is 1.02. The van der Waals surface area contributed by atoms with Gasteiger partial charge in [0.05, 0.1) is 14.2 Å². The van der Waals surface area contributed by atoms with Gasteiger partial charge in [0.25, 0.3) is 0 Å². The molecule has 1 unspecified atom stereocenters. The molecule has 0 radical (unpaired) electrons. The Bertz CT molecular complexity index is 561. The third-order valence-electron chi connectivity index (χ3n) is 3.25. The van der Waals surface area contributed by atoms with Gasteiger partial charge >= 0.3 is 0 Å². The fraction of sp³-hybridized carbons (Fsp3) is 0.438. The maximum atomic E-state index is 5.31. The van der Waals surface area contributed by atoms with Crippen LogP contribution in [0.5, 0.6) is 11.5 Å². The van der Waals surface area contributed by atoms with E-state index in [0.717, 1.165) is 35.0 Å². The van der Waals surface area contributed by atoms with Gasteiger partial charge in [-0.1, -0.05) is 6.92 Å². The van der Waals surface area contributed by atoms with Crippen molar-refractivity contribution in [1.29, 1.82) is 0 Å². The van der Waals surface area contributed by atoms with Crippen LogP contribution < -0.4 is 14.8 Å². The molecule has 1 aromatic heterocycles. The number of nitrogens with one attached hydrogen (secondary N) is 1. The van der Waals surface area contributed by atoms with Crippen LogP contribution in [0.1, 0.15) is 31.2 Å². The number of thiazole rings is 1. The predicted molar refractivity (Wildman–Crippen MR) is 87.4 cm³/mol. The number of benzene rings is 1. The summed E-state index contributed by atoms with van der Waals surface area (Å²) in [6.45, 7) is 5.35. The van der Waals surface area contributed by atoms with Crippen LogP contribution in [-0.2, 0) is 0 Å². The third kappa shape index (κ3) is 3.95. The molecule has 1 aromatic carbocycles. The normalized spacial score (nSPS) is 12.2. The van der Waals surface area contributed by atoms with E-state index in [1.54, 1.807) is 25.6 Å². The zero-order chi connectivity index (χ0) is 15.2. The average Bonchev–Trinajstić information content (AvgIpc) is 3.02. The first kappa shape index (κ1) is 15.8. The first-order valence-electron chi connectivity index (χ1n) is 7.10. The number of methoxy groups -OCH3 is 2. The van der Waals surface area contributed by atoms with Gasteiger partial charge in [-0.25, -0.2) is 4.98 Å². The van der Waals surface area contributed by atoms with Gasteiger partial charge in [0.1, 0.15) is 16.5 Å². The Labute approximate surface area is 130 Å². The highest BCUT2D eigenvalue weighted by molar-refractivity contribution is 7.15. The molecule has 5 heteroatoms. The van der Waals surface area contributed by atoms with Crippen molar-refractivity contribution in [3.8, 4) is 22.1 Å². The van der Waals surface area contributed by atoms with Crippen LogP contribution in [0.15, 0.2) is 24.4 Å². The molecule has 0 saturated carbocycles. The summed E-state index contributed by atoms with van der Waals surface area (Å²) < 4.78 is 10.6. The summed E-state index contributed by atoms with van der Waals surface area (Å²) >= 11 is 1.70. The predicted octanol–water partition coefficient (Wildman–Crippen LogP) is 3.89. The van der Waals surface area contributed by atoms with Crippen LogP contribution in [-0.4, -0.2) is 25.7 Å². The summed E-state index contributed by atoms with van der Waals surface area (Å²) in [5, 5.41) is 4.46. The smallest absolute Gasteiger partial charge is 0.123 e. The van der Waals surface area contributed by atoms with Gasteiger partial charge in [-0.2, -0.15) is 0 Å². The lowest BCUT2D eigenvalue weighted by Crippen LogP contribution is -2.18. The summed E-state index contributed by atoms with van der Waals surface area (Å²) in [4.78, 5) is 5.77. The van der Waals surface area contributed by atoms with E-state index in [9.17, 15) is 0 Å². The van der Waals surface area contributed by atoms with Gasteiger partial charge in [-0.3, -0.25) is 0 Å². The van der Waals surface area contributed by atoms with Crippen molar-refractivity contribution in [3.63, 3.8) is 0 Å². The maximum absolute atomic E-state index is 5.31. The molecule has 0 aliphatic rings. The molecule has 0 amide bonds. The van der Waals surface area contributed by atoms with Gasteiger partial charge in [-0.05, 0) is 32.0 Å². The molecule has 0 aliphatic heterocycles. The quantitative estimate of drug-likeness (QED) is 0.843. The molecular weight excluding hydrogens is 284 g/mol. The maximum Gasteiger partial charge on any atom is 0.123 e. The number of hydrogen-bond acceptors (Lipinski definition) is 5. The summed E-state index contributed by atoms with van der Waals surface area (Å²) in [7, 11) is 3.31. The monoisotopic (exact) mass is 306 g/mol. The van der Waals surface area contributed by atoms with Gasteiger partial charge < -0.3 is 14.8 Å². The van der Waals surface area contributed by atoms with Crippen molar-refractivity contribution in [2.45, 2.75) is 26.3 Å². The third-order valence-corrected chi connectivity index (χ3v) is 4.48. The Kier molecular flexibility index (Phi) is 5.59. The fourth-order valence-electron chi connectivity index (χ4n) is 2.01. The number of hydrogen-bond donors (Lipinski definition) is 1. The van der Waals surface area contributed by atoms with Crippen molar-refractivity contribution >= 4 is 11.3 Å². The SMILES string of the molecule is CCCNC(C)c1cnc(-c2cc(OC)cc(OC)c2)s1. The van der Waals surface area contributed by atoms with E-state index >= 15 is 0 Å². The van der Waals surface area contributed by atoms with E-state index in [-0.39, 0.29) is 0 Å². The van der Waals surface area contributed by atoms with Crippen molar-refractivity contribution < 1.29 is 9.47 Å². The molecule has 1 heterocycles. The second kappa shape index (κ2) is 7.43. The van der Waals surface area contributed by atoms with Crippen molar-refractivity contribution in [2.75, 3.05) is 20.8 Å². The van der Waals surface area contributed by atoms with E-state index < -0.39 is 0 Å². The second-order valence-electron chi connectivity index (χ2n) is 4.84. The van der Waals surface area contributed by atoms with Crippen molar-refractivity contribution in [1.82, 2.24) is 10.3 Å². The van der Waals surface area contributed by atoms with E-state index in [4.69, 9.17) is 9.47 Å². The van der Waals surface area contributed by atoms with E-state index in [1.165, 1.54) is 4.88 Å². The Morgan fingerprint density at radius 2 is 1.86 bits per heavy atom. The minimum atomic E-state index is 0.323. The molecule has 2 aromatic rings. The lowest BCUT2D eigenvalue weighted by atomic mass is 10.2. The molecule has 0 aliphatic carbocycles. The Morgan fingerprint density at radius 1 is 1.19 bits per heavy atom. The molecular formula is C16H22N2O2S. The molecule has 1 N–H and O–H groups in total. The Hall–Kier alpha value is -1.59. The molecule has 0 saturated heterocycles. The van der Waals surface area contributed by atoms with Crippen LogP contribution >= 0.6 is 11.3 Å². The van der Waals surface area contributed by atoms with Gasteiger partial charge in [0.15, 0.2) is 0 Å². The van der Waals surface area contributed by atoms with Gasteiger partial charge in [-0.15, -0.1) is 11.3 Å².